The molecule has 0 aromatic heterocycles. The Morgan fingerprint density at radius 2 is 1.74 bits per heavy atom. The molecule has 2 amide bonds. The van der Waals surface area contributed by atoms with E-state index < -0.39 is 29.6 Å². The van der Waals surface area contributed by atoms with Crippen molar-refractivity contribution < 1.29 is 29.0 Å². The number of amides is 2. The summed E-state index contributed by atoms with van der Waals surface area (Å²) in [5, 5.41) is 15.0. The van der Waals surface area contributed by atoms with Gasteiger partial charge in [0.05, 0.1) is 12.7 Å². The first-order chi connectivity index (χ1) is 16.0. The molecule has 9 nitrogen and oxygen atoms in total. The van der Waals surface area contributed by atoms with Crippen LogP contribution in [0.5, 0.6) is 5.75 Å². The van der Waals surface area contributed by atoms with E-state index in [2.05, 4.69) is 10.6 Å². The van der Waals surface area contributed by atoms with Crippen molar-refractivity contribution in [1.82, 2.24) is 5.32 Å². The van der Waals surface area contributed by atoms with E-state index in [1.165, 1.54) is 19.2 Å². The predicted octanol–water partition coefficient (Wildman–Crippen LogP) is 3.81. The average molecular weight is 472 g/mol. The van der Waals surface area contributed by atoms with Gasteiger partial charge in [-0.3, -0.25) is 4.79 Å². The maximum Gasteiger partial charge on any atom is 0.408 e. The second kappa shape index (κ2) is 12.0. The van der Waals surface area contributed by atoms with E-state index in [0.717, 1.165) is 0 Å². The summed E-state index contributed by atoms with van der Waals surface area (Å²) in [4.78, 5) is 37.6. The summed E-state index contributed by atoms with van der Waals surface area (Å²) in [6.45, 7) is 5.70. The van der Waals surface area contributed by atoms with Gasteiger partial charge in [0.25, 0.3) is 0 Å². The Balaban J connectivity index is 2.29. The van der Waals surface area contributed by atoms with Gasteiger partial charge in [0, 0.05) is 5.69 Å². The minimum absolute atomic E-state index is 0.0846. The van der Waals surface area contributed by atoms with Crippen LogP contribution in [0.4, 0.5) is 10.5 Å². The lowest BCUT2D eigenvalue weighted by molar-refractivity contribution is -0.118. The highest BCUT2D eigenvalue weighted by atomic mass is 16.6. The van der Waals surface area contributed by atoms with Crippen LogP contribution in [0.1, 0.15) is 50.4 Å². The lowest BCUT2D eigenvalue weighted by atomic mass is 9.98. The zero-order valence-electron chi connectivity index (χ0n) is 20.0. The maximum atomic E-state index is 13.0. The lowest BCUT2D eigenvalue weighted by Gasteiger charge is -2.23. The fourth-order valence-corrected chi connectivity index (χ4v) is 3.23. The molecule has 184 valence electrons. The highest BCUT2D eigenvalue weighted by Crippen LogP contribution is 2.29. The van der Waals surface area contributed by atoms with Crippen LogP contribution in [0, 0.1) is 0 Å². The number of esters is 1. The Morgan fingerprint density at radius 1 is 1.06 bits per heavy atom. The number of anilines is 1. The SMILES string of the molecule is COC(=O)c1ccc(NC(=O)[C@H](CCCCN)NC(=O)OC(C)(C)C)cc1-c1ccc(O)cc1. The Morgan fingerprint density at radius 3 is 2.32 bits per heavy atom. The highest BCUT2D eigenvalue weighted by Gasteiger charge is 2.25. The van der Waals surface area contributed by atoms with E-state index in [9.17, 15) is 19.5 Å². The first kappa shape index (κ1) is 26.7. The van der Waals surface area contributed by atoms with Gasteiger partial charge in [0.2, 0.25) is 5.91 Å². The lowest BCUT2D eigenvalue weighted by Crippen LogP contribution is -2.45. The smallest absolute Gasteiger partial charge is 0.408 e. The third-order valence-corrected chi connectivity index (χ3v) is 4.83. The van der Waals surface area contributed by atoms with Gasteiger partial charge in [0.1, 0.15) is 17.4 Å². The van der Waals surface area contributed by atoms with Crippen LogP contribution < -0.4 is 16.4 Å². The number of nitrogens with one attached hydrogen (secondary N) is 2. The van der Waals surface area contributed by atoms with Gasteiger partial charge in [-0.05, 0) is 88.0 Å². The van der Waals surface area contributed by atoms with Gasteiger partial charge >= 0.3 is 12.1 Å². The number of rotatable bonds is 9. The van der Waals surface area contributed by atoms with Crippen molar-refractivity contribution in [1.29, 1.82) is 0 Å². The summed E-state index contributed by atoms with van der Waals surface area (Å²) in [7, 11) is 1.28. The number of phenolic OH excluding ortho intramolecular Hbond substituents is 1. The van der Waals surface area contributed by atoms with E-state index in [-0.39, 0.29) is 5.75 Å². The maximum absolute atomic E-state index is 13.0. The molecule has 0 spiro atoms. The van der Waals surface area contributed by atoms with Crippen LogP contribution in [0.15, 0.2) is 42.5 Å². The number of methoxy groups -OCH3 is 1. The van der Waals surface area contributed by atoms with E-state index in [1.807, 2.05) is 0 Å². The average Bonchev–Trinajstić information content (AvgIpc) is 2.77. The molecule has 0 aliphatic heterocycles. The van der Waals surface area contributed by atoms with Gasteiger partial charge in [0.15, 0.2) is 0 Å². The normalized spacial score (nSPS) is 11.9. The second-order valence-corrected chi connectivity index (χ2v) is 8.77. The summed E-state index contributed by atoms with van der Waals surface area (Å²) in [6, 6.07) is 10.2. The van der Waals surface area contributed by atoms with Crippen molar-refractivity contribution in [3.05, 3.63) is 48.0 Å². The summed E-state index contributed by atoms with van der Waals surface area (Å²) < 4.78 is 10.2. The van der Waals surface area contributed by atoms with Gasteiger partial charge in [-0.1, -0.05) is 12.1 Å². The number of hydrogen-bond donors (Lipinski definition) is 4. The Labute approximate surface area is 199 Å². The summed E-state index contributed by atoms with van der Waals surface area (Å²) >= 11 is 0. The van der Waals surface area contributed by atoms with Crippen molar-refractivity contribution in [2.75, 3.05) is 19.0 Å². The van der Waals surface area contributed by atoms with Crippen LogP contribution in [0.25, 0.3) is 11.1 Å². The largest absolute Gasteiger partial charge is 0.508 e. The second-order valence-electron chi connectivity index (χ2n) is 8.77. The van der Waals surface area contributed by atoms with Gasteiger partial charge in [-0.25, -0.2) is 9.59 Å². The number of aromatic hydroxyl groups is 1. The fourth-order valence-electron chi connectivity index (χ4n) is 3.23. The minimum atomic E-state index is -0.834. The molecule has 5 N–H and O–H groups in total. The number of carbonyl (C=O) groups is 3. The van der Waals surface area contributed by atoms with Crippen molar-refractivity contribution in [2.45, 2.75) is 51.7 Å². The van der Waals surface area contributed by atoms with Crippen molar-refractivity contribution >= 4 is 23.7 Å². The van der Waals surface area contributed by atoms with E-state index >= 15 is 0 Å². The van der Waals surface area contributed by atoms with Crippen LogP contribution in [-0.2, 0) is 14.3 Å². The van der Waals surface area contributed by atoms with Crippen LogP contribution >= 0.6 is 0 Å². The molecular weight excluding hydrogens is 438 g/mol. The first-order valence-corrected chi connectivity index (χ1v) is 11.1. The molecule has 0 aliphatic rings. The number of ether oxygens (including phenoxy) is 2. The summed E-state index contributed by atoms with van der Waals surface area (Å²) in [6.07, 6.45) is 1.04. The zero-order valence-corrected chi connectivity index (χ0v) is 20.0. The molecule has 0 aliphatic carbocycles. The molecule has 1 atom stereocenters. The molecule has 2 aromatic carbocycles. The van der Waals surface area contributed by atoms with Gasteiger partial charge < -0.3 is 30.9 Å². The monoisotopic (exact) mass is 471 g/mol. The molecule has 0 radical (unpaired) electrons. The number of unbranched alkanes of at least 4 members (excludes halogenated alkanes) is 1. The number of benzene rings is 2. The molecule has 0 unspecified atom stereocenters. The topological polar surface area (TPSA) is 140 Å². The van der Waals surface area contributed by atoms with Gasteiger partial charge in [-0.2, -0.15) is 0 Å². The van der Waals surface area contributed by atoms with Crippen molar-refractivity contribution in [3.8, 4) is 16.9 Å². The molecular formula is C25H33N3O6. The molecule has 0 saturated heterocycles. The Bertz CT molecular complexity index is 999. The van der Waals surface area contributed by atoms with E-state index in [0.29, 0.717) is 48.2 Å². The van der Waals surface area contributed by atoms with E-state index in [1.54, 1.807) is 51.1 Å². The highest BCUT2D eigenvalue weighted by molar-refractivity contribution is 6.01. The number of alkyl carbamates (subject to hydrolysis) is 1. The number of carbonyl (C=O) groups excluding carboxylic acids is 3. The molecule has 2 rings (SSSR count). The molecule has 0 fully saturated rings. The summed E-state index contributed by atoms with van der Waals surface area (Å²) in [5.74, 6) is -0.876. The number of hydrogen-bond acceptors (Lipinski definition) is 7. The van der Waals surface area contributed by atoms with Crippen LogP contribution in [0.3, 0.4) is 0 Å². The van der Waals surface area contributed by atoms with Crippen molar-refractivity contribution in [2.24, 2.45) is 5.73 Å². The zero-order chi connectivity index (χ0) is 25.3. The first-order valence-electron chi connectivity index (χ1n) is 11.1. The van der Waals surface area contributed by atoms with Gasteiger partial charge in [-0.15, -0.1) is 0 Å². The molecule has 0 heterocycles. The van der Waals surface area contributed by atoms with E-state index in [4.69, 9.17) is 15.2 Å². The Kier molecular flexibility index (Phi) is 9.44. The third kappa shape index (κ3) is 8.08. The fraction of sp³-hybridized carbons (Fsp3) is 0.400. The number of phenols is 1. The molecule has 2 aromatic rings. The third-order valence-electron chi connectivity index (χ3n) is 4.83. The van der Waals surface area contributed by atoms with Crippen molar-refractivity contribution in [3.63, 3.8) is 0 Å². The molecule has 9 heteroatoms. The minimum Gasteiger partial charge on any atom is -0.508 e. The Hall–Kier alpha value is -3.59. The molecule has 0 saturated carbocycles. The number of nitrogens with two attached hydrogens (primary N) is 1. The standard InChI is InChI=1S/C25H33N3O6/c1-25(2,3)34-24(32)28-21(7-5-6-14-26)22(30)27-17-10-13-19(23(31)33-4)20(15-17)16-8-11-18(29)12-9-16/h8-13,15,21,29H,5-7,14,26H2,1-4H3,(H,27,30)(H,28,32)/t21-/m0/s1. The molecule has 0 bridgehead atoms. The quantitative estimate of drug-likeness (QED) is 0.322. The molecule has 34 heavy (non-hydrogen) atoms. The van der Waals surface area contributed by atoms with Crippen LogP contribution in [-0.4, -0.2) is 48.4 Å². The van der Waals surface area contributed by atoms with Crippen LogP contribution in [0.2, 0.25) is 0 Å². The summed E-state index contributed by atoms with van der Waals surface area (Å²) in [5.41, 5.74) is 6.76. The predicted molar refractivity (Wildman–Crippen MR) is 130 cm³/mol.